The van der Waals surface area contributed by atoms with E-state index in [4.69, 9.17) is 11.6 Å². The largest absolute Gasteiger partial charge is 0.394 e. The fraction of sp³-hybridized carbons (Fsp3) is 0.560. The van der Waals surface area contributed by atoms with Crippen LogP contribution in [0.25, 0.3) is 0 Å². The molecule has 7 atom stereocenters. The number of anilines is 1. The van der Waals surface area contributed by atoms with Crippen molar-refractivity contribution in [3.05, 3.63) is 40.9 Å². The van der Waals surface area contributed by atoms with Crippen LogP contribution in [0.4, 0.5) is 5.69 Å². The first-order valence-electron chi connectivity index (χ1n) is 11.6. The van der Waals surface area contributed by atoms with Crippen molar-refractivity contribution in [1.29, 1.82) is 0 Å². The Balaban J connectivity index is 2.08. The molecular weight excluding hydrogens is 442 g/mol. The maximum Gasteiger partial charge on any atom is 0.247 e. The number of likely N-dealkylation sites (tertiary alicyclic amines) is 1. The van der Waals surface area contributed by atoms with Crippen LogP contribution in [0.1, 0.15) is 32.8 Å². The van der Waals surface area contributed by atoms with Crippen molar-refractivity contribution >= 4 is 35.0 Å². The molecule has 0 spiro atoms. The molecule has 1 aromatic carbocycles. The number of aliphatic hydroxyl groups excluding tert-OH is 1. The zero-order valence-corrected chi connectivity index (χ0v) is 20.6. The van der Waals surface area contributed by atoms with Crippen LogP contribution in [0.5, 0.6) is 0 Å². The molecule has 1 saturated heterocycles. The van der Waals surface area contributed by atoms with Crippen LogP contribution in [0.3, 0.4) is 0 Å². The lowest BCUT2D eigenvalue weighted by molar-refractivity contribution is -0.143. The van der Waals surface area contributed by atoms with Gasteiger partial charge in [0.15, 0.2) is 0 Å². The number of benzene rings is 1. The van der Waals surface area contributed by atoms with Crippen molar-refractivity contribution in [2.45, 2.75) is 46.2 Å². The summed E-state index contributed by atoms with van der Waals surface area (Å²) in [6.07, 6.45) is 4.53. The molecule has 1 aliphatic carbocycles. The highest BCUT2D eigenvalue weighted by Gasteiger charge is 2.58. The van der Waals surface area contributed by atoms with Crippen LogP contribution in [0, 0.1) is 36.5 Å². The number of allylic oxidation sites excluding steroid dienone is 1. The number of aryl methyl sites for hydroxylation is 1. The number of para-hydroxylation sites is 1. The Morgan fingerprint density at radius 1 is 1.24 bits per heavy atom. The highest BCUT2D eigenvalue weighted by Crippen LogP contribution is 2.45. The second kappa shape index (κ2) is 10.3. The first kappa shape index (κ1) is 25.2. The van der Waals surface area contributed by atoms with Gasteiger partial charge in [-0.25, -0.2) is 0 Å². The van der Waals surface area contributed by atoms with E-state index in [0.29, 0.717) is 10.7 Å². The van der Waals surface area contributed by atoms with Gasteiger partial charge < -0.3 is 20.6 Å². The molecule has 0 radical (unpaired) electrons. The van der Waals surface area contributed by atoms with Gasteiger partial charge in [0.1, 0.15) is 6.04 Å². The second-order valence-corrected chi connectivity index (χ2v) is 9.64. The lowest BCUT2D eigenvalue weighted by Crippen LogP contribution is -2.52. The standard InChI is InChI=1S/C25H34ClN3O4/c1-6-13(2)18(12-30)29-22(24(32)28-21-15(4)8-7-9-17(21)26)16-11-10-14(3)19(23(31)27-5)20(16)25(29)33/h7-11,13-14,16,18-20,22,30H,6,12H2,1-5H3,(H,27,31)(H,28,32)/t13-,14+,16-,18-,19+,20-,22-/m0/s1. The summed E-state index contributed by atoms with van der Waals surface area (Å²) in [5, 5.41) is 16.3. The van der Waals surface area contributed by atoms with Gasteiger partial charge in [-0.15, -0.1) is 0 Å². The maximum absolute atomic E-state index is 13.8. The lowest BCUT2D eigenvalue weighted by atomic mass is 9.70. The summed E-state index contributed by atoms with van der Waals surface area (Å²) in [5.41, 5.74) is 1.31. The van der Waals surface area contributed by atoms with E-state index in [1.54, 1.807) is 19.2 Å². The van der Waals surface area contributed by atoms with E-state index in [1.165, 1.54) is 4.90 Å². The normalized spacial score (nSPS) is 28.3. The average Bonchev–Trinajstić information content (AvgIpc) is 3.08. The predicted octanol–water partition coefficient (Wildman–Crippen LogP) is 3.01. The van der Waals surface area contributed by atoms with E-state index in [2.05, 4.69) is 10.6 Å². The van der Waals surface area contributed by atoms with Crippen molar-refractivity contribution in [2.24, 2.45) is 29.6 Å². The number of carbonyl (C=O) groups is 3. The molecule has 180 valence electrons. The van der Waals surface area contributed by atoms with Crippen LogP contribution in [0.2, 0.25) is 5.02 Å². The molecule has 3 N–H and O–H groups in total. The number of carbonyl (C=O) groups excluding carboxylic acids is 3. The Hall–Kier alpha value is -2.38. The van der Waals surface area contributed by atoms with Crippen LogP contribution in [-0.4, -0.2) is 53.5 Å². The number of hydrogen-bond acceptors (Lipinski definition) is 4. The van der Waals surface area contributed by atoms with Crippen molar-refractivity contribution in [3.63, 3.8) is 0 Å². The molecule has 0 saturated carbocycles. The van der Waals surface area contributed by atoms with Gasteiger partial charge in [-0.3, -0.25) is 14.4 Å². The molecular formula is C25H34ClN3O4. The maximum atomic E-state index is 13.8. The molecule has 3 rings (SSSR count). The number of nitrogens with zero attached hydrogens (tertiary/aromatic N) is 1. The Bertz CT molecular complexity index is 929. The molecule has 33 heavy (non-hydrogen) atoms. The highest BCUT2D eigenvalue weighted by molar-refractivity contribution is 6.34. The zero-order valence-electron chi connectivity index (χ0n) is 19.8. The van der Waals surface area contributed by atoms with E-state index in [1.807, 2.05) is 45.9 Å². The number of aliphatic hydroxyl groups is 1. The van der Waals surface area contributed by atoms with Crippen molar-refractivity contribution in [1.82, 2.24) is 10.2 Å². The van der Waals surface area contributed by atoms with Gasteiger partial charge >= 0.3 is 0 Å². The first-order valence-corrected chi connectivity index (χ1v) is 11.9. The number of halogens is 1. The molecule has 7 nitrogen and oxygen atoms in total. The number of hydrogen-bond donors (Lipinski definition) is 3. The van der Waals surface area contributed by atoms with Gasteiger partial charge in [0, 0.05) is 13.0 Å². The van der Waals surface area contributed by atoms with Crippen molar-refractivity contribution in [3.8, 4) is 0 Å². The van der Waals surface area contributed by atoms with Crippen molar-refractivity contribution < 1.29 is 19.5 Å². The Morgan fingerprint density at radius 3 is 2.52 bits per heavy atom. The predicted molar refractivity (Wildman–Crippen MR) is 129 cm³/mol. The molecule has 0 bridgehead atoms. The molecule has 1 heterocycles. The lowest BCUT2D eigenvalue weighted by Gasteiger charge is -2.36. The van der Waals surface area contributed by atoms with Gasteiger partial charge in [-0.1, -0.05) is 63.1 Å². The van der Waals surface area contributed by atoms with Gasteiger partial charge in [0.25, 0.3) is 0 Å². The van der Waals surface area contributed by atoms with Crippen LogP contribution >= 0.6 is 11.6 Å². The summed E-state index contributed by atoms with van der Waals surface area (Å²) in [7, 11) is 1.56. The fourth-order valence-corrected chi connectivity index (χ4v) is 5.53. The second-order valence-electron chi connectivity index (χ2n) is 9.23. The van der Waals surface area contributed by atoms with Crippen LogP contribution < -0.4 is 10.6 Å². The summed E-state index contributed by atoms with van der Waals surface area (Å²) in [5.74, 6) is -2.79. The molecule has 1 aromatic rings. The quantitative estimate of drug-likeness (QED) is 0.528. The van der Waals surface area contributed by atoms with E-state index >= 15 is 0 Å². The van der Waals surface area contributed by atoms with Gasteiger partial charge in [-0.2, -0.15) is 0 Å². The first-order chi connectivity index (χ1) is 15.7. The van der Waals surface area contributed by atoms with E-state index < -0.39 is 29.8 Å². The fourth-order valence-electron chi connectivity index (χ4n) is 5.26. The molecule has 1 fully saturated rings. The highest BCUT2D eigenvalue weighted by atomic mass is 35.5. The van der Waals surface area contributed by atoms with E-state index in [9.17, 15) is 19.5 Å². The number of rotatable bonds is 7. The third-order valence-electron chi connectivity index (χ3n) is 7.34. The molecule has 8 heteroatoms. The molecule has 0 unspecified atom stereocenters. The van der Waals surface area contributed by atoms with E-state index in [-0.39, 0.29) is 36.2 Å². The summed E-state index contributed by atoms with van der Waals surface area (Å²) in [4.78, 5) is 41.8. The monoisotopic (exact) mass is 475 g/mol. The average molecular weight is 476 g/mol. The third kappa shape index (κ3) is 4.53. The zero-order chi connectivity index (χ0) is 24.4. The molecule has 1 aliphatic heterocycles. The minimum absolute atomic E-state index is 0.0312. The minimum atomic E-state index is -0.861. The molecule has 2 aliphatic rings. The summed E-state index contributed by atoms with van der Waals surface area (Å²) < 4.78 is 0. The smallest absolute Gasteiger partial charge is 0.247 e. The summed E-state index contributed by atoms with van der Waals surface area (Å²) in [6, 6.07) is 3.95. The van der Waals surface area contributed by atoms with Gasteiger partial charge in [0.2, 0.25) is 17.7 Å². The van der Waals surface area contributed by atoms with Crippen LogP contribution in [0.15, 0.2) is 30.4 Å². The summed E-state index contributed by atoms with van der Waals surface area (Å²) >= 11 is 6.35. The number of fused-ring (bicyclic) bond motifs is 1. The van der Waals surface area contributed by atoms with Crippen LogP contribution in [-0.2, 0) is 14.4 Å². The topological polar surface area (TPSA) is 98.7 Å². The number of amides is 3. The Labute approximate surface area is 200 Å². The number of nitrogens with one attached hydrogen (secondary N) is 2. The van der Waals surface area contributed by atoms with Crippen molar-refractivity contribution in [2.75, 3.05) is 19.0 Å². The Morgan fingerprint density at radius 2 is 1.94 bits per heavy atom. The molecule has 0 aromatic heterocycles. The Kier molecular flexibility index (Phi) is 7.85. The van der Waals surface area contributed by atoms with Gasteiger partial charge in [-0.05, 0) is 30.4 Å². The van der Waals surface area contributed by atoms with Gasteiger partial charge in [0.05, 0.1) is 35.2 Å². The third-order valence-corrected chi connectivity index (χ3v) is 7.66. The summed E-state index contributed by atoms with van der Waals surface area (Å²) in [6.45, 7) is 7.43. The minimum Gasteiger partial charge on any atom is -0.394 e. The molecule has 3 amide bonds. The SMILES string of the molecule is CC[C@H](C)[C@H](CO)N1C(=O)[C@H]2[C@H](C=C[C@@H](C)[C@H]2C(=O)NC)[C@H]1C(=O)Nc1c(C)cccc1Cl. The van der Waals surface area contributed by atoms with E-state index in [0.717, 1.165) is 12.0 Å².